The van der Waals surface area contributed by atoms with Crippen LogP contribution < -0.4 is 11.5 Å². The van der Waals surface area contributed by atoms with Gasteiger partial charge in [-0.2, -0.15) is 0 Å². The van der Waals surface area contributed by atoms with Crippen molar-refractivity contribution in [3.63, 3.8) is 0 Å². The summed E-state index contributed by atoms with van der Waals surface area (Å²) < 4.78 is 24.5. The summed E-state index contributed by atoms with van der Waals surface area (Å²) in [6, 6.07) is -0.522. The van der Waals surface area contributed by atoms with Crippen molar-refractivity contribution in [2.24, 2.45) is 11.5 Å². The monoisotopic (exact) mass is 188 g/mol. The summed E-state index contributed by atoms with van der Waals surface area (Å²) in [6.45, 7) is 1.88. The van der Waals surface area contributed by atoms with E-state index in [0.717, 1.165) is 0 Å². The van der Waals surface area contributed by atoms with Crippen LogP contribution in [0, 0.1) is 0 Å². The Morgan fingerprint density at radius 1 is 1.62 bits per heavy atom. The van der Waals surface area contributed by atoms with Gasteiger partial charge in [-0.15, -0.1) is 0 Å². The van der Waals surface area contributed by atoms with Gasteiger partial charge in [-0.1, -0.05) is 25.2 Å². The smallest absolute Gasteiger partial charge is 0.263 e. The number of hydrogen-bond donors (Lipinski definition) is 2. The normalized spacial score (nSPS) is 33.7. The zero-order valence-electron chi connectivity index (χ0n) is 7.50. The van der Waals surface area contributed by atoms with E-state index in [0.29, 0.717) is 6.42 Å². The van der Waals surface area contributed by atoms with Gasteiger partial charge in [0.25, 0.3) is 6.43 Å². The number of allylic oxidation sites excluding steroid dienone is 2. The maximum Gasteiger partial charge on any atom is 0.263 e. The first-order chi connectivity index (χ1) is 5.99. The highest BCUT2D eigenvalue weighted by molar-refractivity contribution is 5.34. The van der Waals surface area contributed by atoms with Crippen molar-refractivity contribution >= 4 is 0 Å². The summed E-state index contributed by atoms with van der Waals surface area (Å²) in [7, 11) is 0. The third-order valence-electron chi connectivity index (χ3n) is 2.44. The van der Waals surface area contributed by atoms with Gasteiger partial charge in [0, 0.05) is 11.6 Å². The summed E-state index contributed by atoms with van der Waals surface area (Å²) in [5, 5.41) is 0. The molecular weight excluding hydrogens is 174 g/mol. The molecule has 0 bridgehead atoms. The molecule has 1 aliphatic rings. The lowest BCUT2D eigenvalue weighted by atomic mass is 9.83. The Morgan fingerprint density at radius 3 is 2.62 bits per heavy atom. The van der Waals surface area contributed by atoms with Crippen LogP contribution in [0.1, 0.15) is 13.3 Å². The molecule has 13 heavy (non-hydrogen) atoms. The second-order valence-corrected chi connectivity index (χ2v) is 3.29. The molecule has 0 spiro atoms. The topological polar surface area (TPSA) is 52.0 Å². The predicted molar refractivity (Wildman–Crippen MR) is 48.4 cm³/mol. The van der Waals surface area contributed by atoms with Crippen molar-refractivity contribution in [3.05, 3.63) is 23.8 Å². The Bertz CT molecular complexity index is 248. The summed E-state index contributed by atoms with van der Waals surface area (Å²) in [5.41, 5.74) is 10.8. The van der Waals surface area contributed by atoms with Gasteiger partial charge < -0.3 is 11.5 Å². The summed E-state index contributed by atoms with van der Waals surface area (Å²) in [5.74, 6) is 0. The van der Waals surface area contributed by atoms with Crippen molar-refractivity contribution in [1.29, 1.82) is 0 Å². The maximum atomic E-state index is 12.2. The van der Waals surface area contributed by atoms with Crippen LogP contribution in [0.5, 0.6) is 0 Å². The zero-order valence-corrected chi connectivity index (χ0v) is 7.50. The number of nitrogens with two attached hydrogens (primary N) is 2. The van der Waals surface area contributed by atoms with Crippen LogP contribution in [0.4, 0.5) is 8.78 Å². The minimum Gasteiger partial charge on any atom is -0.323 e. The van der Waals surface area contributed by atoms with Crippen molar-refractivity contribution in [2.75, 3.05) is 0 Å². The van der Waals surface area contributed by atoms with Gasteiger partial charge in [0.1, 0.15) is 0 Å². The molecule has 0 heterocycles. The lowest BCUT2D eigenvalue weighted by molar-refractivity contribution is 0.192. The van der Waals surface area contributed by atoms with Gasteiger partial charge in [0.05, 0.1) is 5.54 Å². The molecule has 0 aliphatic heterocycles. The number of rotatable bonds is 2. The first-order valence-electron chi connectivity index (χ1n) is 4.23. The quantitative estimate of drug-likeness (QED) is 0.683. The second-order valence-electron chi connectivity index (χ2n) is 3.29. The number of hydrogen-bond acceptors (Lipinski definition) is 2. The molecular formula is C9H14F2N2. The van der Waals surface area contributed by atoms with Gasteiger partial charge >= 0.3 is 0 Å². The van der Waals surface area contributed by atoms with Crippen molar-refractivity contribution in [3.8, 4) is 0 Å². The third kappa shape index (κ3) is 1.95. The molecule has 1 rings (SSSR count). The van der Waals surface area contributed by atoms with Crippen LogP contribution in [0.3, 0.4) is 0 Å². The summed E-state index contributed by atoms with van der Waals surface area (Å²) >= 11 is 0. The van der Waals surface area contributed by atoms with Crippen LogP contribution in [0.2, 0.25) is 0 Å². The zero-order chi connectivity index (χ0) is 10.1. The lowest BCUT2D eigenvalue weighted by Crippen LogP contribution is -2.53. The molecule has 0 aromatic carbocycles. The SMILES string of the molecule is CCC1(N)C=CC(C(F)F)=CC1N. The van der Waals surface area contributed by atoms with Crippen molar-refractivity contribution < 1.29 is 8.78 Å². The van der Waals surface area contributed by atoms with E-state index in [4.69, 9.17) is 11.5 Å². The summed E-state index contributed by atoms with van der Waals surface area (Å²) in [4.78, 5) is 0. The van der Waals surface area contributed by atoms with Gasteiger partial charge in [0.2, 0.25) is 0 Å². The fourth-order valence-electron chi connectivity index (χ4n) is 1.28. The first kappa shape index (κ1) is 10.3. The molecule has 2 unspecified atom stereocenters. The average molecular weight is 188 g/mol. The molecule has 4 heteroatoms. The molecule has 0 fully saturated rings. The van der Waals surface area contributed by atoms with E-state index in [1.54, 1.807) is 6.08 Å². The minimum atomic E-state index is -2.47. The molecule has 0 aromatic rings. The number of alkyl halides is 2. The molecule has 0 radical (unpaired) electrons. The highest BCUT2D eigenvalue weighted by Gasteiger charge is 2.30. The Hall–Kier alpha value is -0.740. The van der Waals surface area contributed by atoms with Gasteiger partial charge in [0.15, 0.2) is 0 Å². The van der Waals surface area contributed by atoms with E-state index in [1.807, 2.05) is 6.92 Å². The summed E-state index contributed by atoms with van der Waals surface area (Å²) in [6.07, 6.45) is 2.44. The fourth-order valence-corrected chi connectivity index (χ4v) is 1.28. The van der Waals surface area contributed by atoms with Crippen molar-refractivity contribution in [1.82, 2.24) is 0 Å². The van der Waals surface area contributed by atoms with E-state index in [2.05, 4.69) is 0 Å². The Morgan fingerprint density at radius 2 is 2.23 bits per heavy atom. The van der Waals surface area contributed by atoms with E-state index >= 15 is 0 Å². The molecule has 0 saturated carbocycles. The largest absolute Gasteiger partial charge is 0.323 e. The minimum absolute atomic E-state index is 0.0398. The molecule has 4 N–H and O–H groups in total. The highest BCUT2D eigenvalue weighted by Crippen LogP contribution is 2.23. The van der Waals surface area contributed by atoms with Crippen LogP contribution in [0.25, 0.3) is 0 Å². The Balaban J connectivity index is 2.85. The van der Waals surface area contributed by atoms with E-state index in [1.165, 1.54) is 12.2 Å². The molecule has 0 saturated heterocycles. The van der Waals surface area contributed by atoms with E-state index in [-0.39, 0.29) is 5.57 Å². The van der Waals surface area contributed by atoms with Gasteiger partial charge in [-0.3, -0.25) is 0 Å². The van der Waals surface area contributed by atoms with Crippen LogP contribution in [0.15, 0.2) is 23.8 Å². The average Bonchev–Trinajstić information content (AvgIpc) is 2.09. The molecule has 2 nitrogen and oxygen atoms in total. The first-order valence-corrected chi connectivity index (χ1v) is 4.23. The Labute approximate surface area is 76.3 Å². The maximum absolute atomic E-state index is 12.2. The van der Waals surface area contributed by atoms with E-state index < -0.39 is 18.0 Å². The second kappa shape index (κ2) is 3.55. The molecule has 1 aliphatic carbocycles. The molecule has 2 atom stereocenters. The molecule has 74 valence electrons. The van der Waals surface area contributed by atoms with Gasteiger partial charge in [-0.25, -0.2) is 8.78 Å². The lowest BCUT2D eigenvalue weighted by Gasteiger charge is -2.32. The molecule has 0 amide bonds. The van der Waals surface area contributed by atoms with Crippen LogP contribution >= 0.6 is 0 Å². The van der Waals surface area contributed by atoms with Crippen LogP contribution in [-0.2, 0) is 0 Å². The third-order valence-corrected chi connectivity index (χ3v) is 2.44. The Kier molecular flexibility index (Phi) is 2.83. The molecule has 0 aromatic heterocycles. The number of halogens is 2. The van der Waals surface area contributed by atoms with E-state index in [9.17, 15) is 8.78 Å². The van der Waals surface area contributed by atoms with Crippen molar-refractivity contribution in [2.45, 2.75) is 31.4 Å². The van der Waals surface area contributed by atoms with Gasteiger partial charge in [-0.05, 0) is 6.42 Å². The fraction of sp³-hybridized carbons (Fsp3) is 0.556. The van der Waals surface area contributed by atoms with Crippen LogP contribution in [-0.4, -0.2) is 18.0 Å². The standard InChI is InChI=1S/C9H14F2N2/c1-2-9(13)4-3-6(8(10)11)5-7(9)12/h3-5,7-8H,2,12-13H2,1H3. The highest BCUT2D eigenvalue weighted by atomic mass is 19.3. The predicted octanol–water partition coefficient (Wildman–Crippen LogP) is 1.18.